The van der Waals surface area contributed by atoms with Gasteiger partial charge in [0.05, 0.1) is 24.3 Å². The van der Waals surface area contributed by atoms with E-state index < -0.39 is 0 Å². The van der Waals surface area contributed by atoms with Crippen LogP contribution in [-0.4, -0.2) is 23.9 Å². The lowest BCUT2D eigenvalue weighted by molar-refractivity contribution is 0.406. The Morgan fingerprint density at radius 2 is 2.00 bits per heavy atom. The van der Waals surface area contributed by atoms with E-state index in [1.54, 1.807) is 31.4 Å². The predicted molar refractivity (Wildman–Crippen MR) is 76.3 cm³/mol. The topological polar surface area (TPSA) is 61.0 Å². The van der Waals surface area contributed by atoms with Crippen molar-refractivity contribution in [3.8, 4) is 17.2 Å². The summed E-state index contributed by atoms with van der Waals surface area (Å²) in [4.78, 5) is 0. The van der Waals surface area contributed by atoms with E-state index in [4.69, 9.17) is 9.16 Å². The molecule has 0 saturated heterocycles. The van der Waals surface area contributed by atoms with Crippen molar-refractivity contribution in [3.63, 3.8) is 0 Å². The monoisotopic (exact) mass is 271 g/mol. The van der Waals surface area contributed by atoms with Gasteiger partial charge < -0.3 is 14.9 Å². The van der Waals surface area contributed by atoms with Crippen molar-refractivity contribution in [1.82, 2.24) is 0 Å². The van der Waals surface area contributed by atoms with Gasteiger partial charge in [-0.1, -0.05) is 12.1 Å². The largest absolute Gasteiger partial charge is 0.508 e. The SMILES string of the molecule is COc1ccc([C@H]2C=c3ccc(O)cc3=[O+]C2)c(O)c1. The third kappa shape index (κ3) is 2.20. The van der Waals surface area contributed by atoms with E-state index in [9.17, 15) is 10.2 Å². The Labute approximate surface area is 115 Å². The normalized spacial score (nSPS) is 16.8. The van der Waals surface area contributed by atoms with Crippen LogP contribution in [0.15, 0.2) is 40.8 Å². The summed E-state index contributed by atoms with van der Waals surface area (Å²) >= 11 is 0. The molecule has 0 radical (unpaired) electrons. The highest BCUT2D eigenvalue weighted by Gasteiger charge is 2.22. The van der Waals surface area contributed by atoms with Crippen molar-refractivity contribution in [3.05, 3.63) is 57.0 Å². The number of aromatic hydroxyl groups is 2. The molecular weight excluding hydrogens is 256 g/mol. The second kappa shape index (κ2) is 4.89. The molecule has 0 aliphatic carbocycles. The Morgan fingerprint density at radius 3 is 2.75 bits per heavy atom. The van der Waals surface area contributed by atoms with Crippen LogP contribution in [-0.2, 0) is 0 Å². The fourth-order valence-corrected chi connectivity index (χ4v) is 2.37. The van der Waals surface area contributed by atoms with Gasteiger partial charge in [0.15, 0.2) is 0 Å². The lowest BCUT2D eigenvalue weighted by atomic mass is 9.96. The van der Waals surface area contributed by atoms with E-state index >= 15 is 0 Å². The minimum Gasteiger partial charge on any atom is -0.508 e. The number of benzene rings is 2. The molecule has 1 heterocycles. The molecule has 1 aliphatic heterocycles. The number of hydrogen-bond donors (Lipinski definition) is 2. The number of methoxy groups -OCH3 is 1. The smallest absolute Gasteiger partial charge is 0.354 e. The summed E-state index contributed by atoms with van der Waals surface area (Å²) in [5.41, 5.74) is 1.46. The van der Waals surface area contributed by atoms with E-state index in [1.807, 2.05) is 18.2 Å². The summed E-state index contributed by atoms with van der Waals surface area (Å²) in [7, 11) is 1.56. The van der Waals surface area contributed by atoms with E-state index in [-0.39, 0.29) is 17.4 Å². The second-order valence-electron chi connectivity index (χ2n) is 4.73. The summed E-state index contributed by atoms with van der Waals surface area (Å²) in [5.74, 6) is 0.963. The molecule has 4 nitrogen and oxygen atoms in total. The highest BCUT2D eigenvalue weighted by molar-refractivity contribution is 5.51. The van der Waals surface area contributed by atoms with Crippen molar-refractivity contribution in [1.29, 1.82) is 0 Å². The third-order valence-electron chi connectivity index (χ3n) is 3.43. The van der Waals surface area contributed by atoms with Gasteiger partial charge in [-0.3, -0.25) is 4.42 Å². The molecule has 2 aromatic carbocycles. The molecule has 0 spiro atoms. The van der Waals surface area contributed by atoms with Crippen molar-refractivity contribution >= 4 is 6.08 Å². The predicted octanol–water partition coefficient (Wildman–Crippen LogP) is 1.30. The first-order valence-electron chi connectivity index (χ1n) is 6.35. The van der Waals surface area contributed by atoms with Gasteiger partial charge in [0.1, 0.15) is 17.2 Å². The number of hydrogen-bond acceptors (Lipinski definition) is 3. The quantitative estimate of drug-likeness (QED) is 0.809. The molecule has 0 amide bonds. The lowest BCUT2D eigenvalue weighted by Gasteiger charge is -2.11. The first kappa shape index (κ1) is 12.5. The number of rotatable bonds is 2. The first-order chi connectivity index (χ1) is 9.67. The van der Waals surface area contributed by atoms with Crippen LogP contribution >= 0.6 is 0 Å². The van der Waals surface area contributed by atoms with Crippen molar-refractivity contribution in [2.75, 3.05) is 13.7 Å². The van der Waals surface area contributed by atoms with Crippen LogP contribution in [0.3, 0.4) is 0 Å². The zero-order valence-corrected chi connectivity index (χ0v) is 11.0. The molecule has 3 rings (SSSR count). The maximum atomic E-state index is 10.1. The van der Waals surface area contributed by atoms with E-state index in [0.717, 1.165) is 10.8 Å². The molecule has 4 heteroatoms. The maximum absolute atomic E-state index is 10.1. The van der Waals surface area contributed by atoms with Crippen LogP contribution in [0.5, 0.6) is 17.2 Å². The molecule has 0 aromatic heterocycles. The molecule has 2 aromatic rings. The molecule has 20 heavy (non-hydrogen) atoms. The van der Waals surface area contributed by atoms with E-state index in [1.165, 1.54) is 0 Å². The fraction of sp³-hybridized carbons (Fsp3) is 0.188. The van der Waals surface area contributed by atoms with Crippen molar-refractivity contribution in [2.24, 2.45) is 0 Å². The van der Waals surface area contributed by atoms with Gasteiger partial charge in [0, 0.05) is 11.6 Å². The number of phenols is 2. The Hall–Kier alpha value is -2.49. The lowest BCUT2D eigenvalue weighted by Crippen LogP contribution is -2.30. The van der Waals surface area contributed by atoms with Crippen molar-refractivity contribution < 1.29 is 14.9 Å². The van der Waals surface area contributed by atoms with Crippen LogP contribution in [0.1, 0.15) is 11.5 Å². The standard InChI is InChI=1S/C16H14O4/c1-19-13-4-5-14(15(18)8-13)11-6-10-2-3-12(17)7-16(10)20-9-11/h2-8,11H,9H2,1H3,(H-,17,18)/p+1/t11-/m0/s1. The van der Waals surface area contributed by atoms with Gasteiger partial charge in [-0.15, -0.1) is 0 Å². The fourth-order valence-electron chi connectivity index (χ4n) is 2.37. The molecular formula is C16H15O4+. The van der Waals surface area contributed by atoms with Crippen LogP contribution in [0.4, 0.5) is 0 Å². The minimum absolute atomic E-state index is 0.0297. The van der Waals surface area contributed by atoms with Gasteiger partial charge in [-0.05, 0) is 18.2 Å². The third-order valence-corrected chi connectivity index (χ3v) is 3.43. The number of ether oxygens (including phenoxy) is 1. The Kier molecular flexibility index (Phi) is 3.06. The molecule has 1 aliphatic rings. The van der Waals surface area contributed by atoms with Crippen LogP contribution in [0, 0.1) is 0 Å². The minimum atomic E-state index is -0.0297. The van der Waals surface area contributed by atoms with E-state index in [0.29, 0.717) is 17.8 Å². The molecule has 1 atom stereocenters. The molecule has 102 valence electrons. The van der Waals surface area contributed by atoms with Gasteiger partial charge in [0.25, 0.3) is 6.61 Å². The maximum Gasteiger partial charge on any atom is 0.354 e. The van der Waals surface area contributed by atoms with Gasteiger partial charge in [-0.2, -0.15) is 0 Å². The Bertz CT molecular complexity index is 765. The zero-order chi connectivity index (χ0) is 14.1. The molecule has 2 N–H and O–H groups in total. The summed E-state index contributed by atoms with van der Waals surface area (Å²) in [6.07, 6.45) is 2.03. The molecule has 0 saturated carbocycles. The van der Waals surface area contributed by atoms with Crippen LogP contribution in [0.25, 0.3) is 6.08 Å². The molecule has 0 fully saturated rings. The Balaban J connectivity index is 2.03. The van der Waals surface area contributed by atoms with E-state index in [2.05, 4.69) is 0 Å². The number of phenolic OH excluding ortho intramolecular Hbond substituents is 2. The summed E-state index contributed by atoms with van der Waals surface area (Å²) < 4.78 is 10.7. The Morgan fingerprint density at radius 1 is 1.15 bits per heavy atom. The summed E-state index contributed by atoms with van der Waals surface area (Å²) in [5, 5.41) is 20.4. The second-order valence-corrected chi connectivity index (χ2v) is 4.73. The van der Waals surface area contributed by atoms with Gasteiger partial charge >= 0.3 is 5.43 Å². The number of fused-ring (bicyclic) bond motifs is 1. The average molecular weight is 271 g/mol. The van der Waals surface area contributed by atoms with Gasteiger partial charge in [0.2, 0.25) is 0 Å². The zero-order valence-electron chi connectivity index (χ0n) is 11.0. The summed E-state index contributed by atoms with van der Waals surface area (Å²) in [6, 6.07) is 10.3. The first-order valence-corrected chi connectivity index (χ1v) is 6.35. The van der Waals surface area contributed by atoms with Gasteiger partial charge in [-0.25, -0.2) is 0 Å². The highest BCUT2D eigenvalue weighted by Crippen LogP contribution is 2.31. The van der Waals surface area contributed by atoms with Crippen LogP contribution in [0.2, 0.25) is 0 Å². The highest BCUT2D eigenvalue weighted by atomic mass is 16.5. The molecule has 0 bridgehead atoms. The summed E-state index contributed by atoms with van der Waals surface area (Å²) in [6.45, 7) is 0.427. The van der Waals surface area contributed by atoms with Crippen molar-refractivity contribution in [2.45, 2.75) is 5.92 Å². The molecule has 0 unspecified atom stereocenters. The average Bonchev–Trinajstić information content (AvgIpc) is 2.46. The van der Waals surface area contributed by atoms with Crippen LogP contribution < -0.4 is 15.4 Å².